The highest BCUT2D eigenvalue weighted by Gasteiger charge is 2.33. The molecule has 218 valence electrons. The molecular formula is C30H36N4O6S. The van der Waals surface area contributed by atoms with Crippen LogP contribution in [0.5, 0.6) is 0 Å². The van der Waals surface area contributed by atoms with Crippen LogP contribution in [0.4, 0.5) is 11.4 Å². The number of hydrogen-bond donors (Lipinski definition) is 1. The number of carbonyl (C=O) groups excluding carboxylic acids is 2. The molecule has 0 aliphatic heterocycles. The fraction of sp³-hybridized carbons (Fsp3) is 0.333. The van der Waals surface area contributed by atoms with Gasteiger partial charge in [-0.15, -0.1) is 0 Å². The van der Waals surface area contributed by atoms with Gasteiger partial charge >= 0.3 is 0 Å². The topological polar surface area (TPSA) is 130 Å². The zero-order valence-electron chi connectivity index (χ0n) is 23.7. The molecule has 0 spiro atoms. The maximum absolute atomic E-state index is 14.0. The van der Waals surface area contributed by atoms with E-state index in [9.17, 15) is 28.1 Å². The van der Waals surface area contributed by atoms with Crippen LogP contribution in [0.3, 0.4) is 0 Å². The second-order valence-corrected chi connectivity index (χ2v) is 12.0. The number of sulfonamides is 1. The molecule has 1 atom stereocenters. The Morgan fingerprint density at radius 1 is 0.951 bits per heavy atom. The third kappa shape index (κ3) is 8.14. The molecule has 0 aliphatic carbocycles. The largest absolute Gasteiger partial charge is 0.354 e. The van der Waals surface area contributed by atoms with E-state index in [1.807, 2.05) is 45.0 Å². The Morgan fingerprint density at radius 3 is 2.10 bits per heavy atom. The Morgan fingerprint density at radius 2 is 1.56 bits per heavy atom. The van der Waals surface area contributed by atoms with Crippen LogP contribution in [0.15, 0.2) is 83.8 Å². The van der Waals surface area contributed by atoms with Gasteiger partial charge in [0, 0.05) is 25.2 Å². The summed E-state index contributed by atoms with van der Waals surface area (Å²) < 4.78 is 28.5. The van der Waals surface area contributed by atoms with Crippen LogP contribution in [0.1, 0.15) is 38.3 Å². The third-order valence-corrected chi connectivity index (χ3v) is 8.29. The molecule has 0 bridgehead atoms. The fourth-order valence-corrected chi connectivity index (χ4v) is 5.66. The summed E-state index contributed by atoms with van der Waals surface area (Å²) in [6.07, 6.45) is 0.310. The molecule has 3 aromatic rings. The minimum atomic E-state index is -4.25. The fourth-order valence-electron chi connectivity index (χ4n) is 4.22. The zero-order chi connectivity index (χ0) is 30.2. The number of anilines is 1. The van der Waals surface area contributed by atoms with Crippen molar-refractivity contribution in [3.63, 3.8) is 0 Å². The number of amides is 2. The lowest BCUT2D eigenvalue weighted by Gasteiger charge is -2.33. The van der Waals surface area contributed by atoms with Crippen molar-refractivity contribution in [2.75, 3.05) is 17.4 Å². The molecule has 0 unspecified atom stereocenters. The maximum Gasteiger partial charge on any atom is 0.269 e. The van der Waals surface area contributed by atoms with Crippen LogP contribution in [0.25, 0.3) is 0 Å². The normalized spacial score (nSPS) is 12.0. The molecule has 0 heterocycles. The van der Waals surface area contributed by atoms with E-state index in [0.717, 1.165) is 15.4 Å². The van der Waals surface area contributed by atoms with Crippen molar-refractivity contribution in [3.8, 4) is 0 Å². The van der Waals surface area contributed by atoms with Crippen LogP contribution in [0, 0.1) is 23.0 Å². The number of hydrogen-bond acceptors (Lipinski definition) is 6. The number of non-ortho nitro benzene ring substituents is 1. The minimum Gasteiger partial charge on any atom is -0.354 e. The molecular weight excluding hydrogens is 544 g/mol. The number of nitrogens with zero attached hydrogens (tertiary/aromatic N) is 3. The Bertz CT molecular complexity index is 1440. The summed E-state index contributed by atoms with van der Waals surface area (Å²) >= 11 is 0. The van der Waals surface area contributed by atoms with Crippen molar-refractivity contribution >= 4 is 33.2 Å². The SMILES string of the molecule is CC[C@H](C(=O)NCC(C)C)N(Cc1ccc(C)cc1)C(=O)CN(c1ccc([N+](=O)[O-])cc1)S(=O)(=O)c1ccccc1. The second-order valence-electron chi connectivity index (χ2n) is 10.2. The number of benzene rings is 3. The van der Waals surface area contributed by atoms with Crippen LogP contribution in [-0.4, -0.2) is 49.2 Å². The molecule has 3 aromatic carbocycles. The van der Waals surface area contributed by atoms with Crippen molar-refractivity contribution in [1.82, 2.24) is 10.2 Å². The van der Waals surface area contributed by atoms with E-state index in [1.54, 1.807) is 25.1 Å². The Hall–Kier alpha value is -4.25. The Balaban J connectivity index is 2.05. The third-order valence-electron chi connectivity index (χ3n) is 6.50. The maximum atomic E-state index is 14.0. The van der Waals surface area contributed by atoms with Crippen LogP contribution >= 0.6 is 0 Å². The standard InChI is InChI=1S/C30H36N4O6S/c1-5-28(30(36)31-19-22(2)3)32(20-24-13-11-23(4)12-14-24)29(35)21-33(25-15-17-26(18-16-25)34(37)38)41(39,40)27-9-7-6-8-10-27/h6-18,22,28H,5,19-21H2,1-4H3,(H,31,36)/t28-/m1/s1. The molecule has 2 amide bonds. The zero-order valence-corrected chi connectivity index (χ0v) is 24.5. The van der Waals surface area contributed by atoms with E-state index in [4.69, 9.17) is 0 Å². The first-order valence-electron chi connectivity index (χ1n) is 13.4. The van der Waals surface area contributed by atoms with Gasteiger partial charge in [0.25, 0.3) is 15.7 Å². The van der Waals surface area contributed by atoms with Gasteiger partial charge in [-0.2, -0.15) is 0 Å². The van der Waals surface area contributed by atoms with E-state index >= 15 is 0 Å². The number of nitro groups is 1. The average molecular weight is 581 g/mol. The van der Waals surface area contributed by atoms with E-state index in [-0.39, 0.29) is 34.6 Å². The van der Waals surface area contributed by atoms with Gasteiger partial charge in [-0.3, -0.25) is 24.0 Å². The first-order valence-corrected chi connectivity index (χ1v) is 14.8. The smallest absolute Gasteiger partial charge is 0.269 e. The predicted molar refractivity (Wildman–Crippen MR) is 158 cm³/mol. The van der Waals surface area contributed by atoms with Crippen LogP contribution in [0.2, 0.25) is 0 Å². The summed E-state index contributed by atoms with van der Waals surface area (Å²) in [5, 5.41) is 14.1. The Kier molecular flexibility index (Phi) is 10.6. The Labute approximate surface area is 241 Å². The molecule has 10 nitrogen and oxygen atoms in total. The lowest BCUT2D eigenvalue weighted by Crippen LogP contribution is -2.52. The van der Waals surface area contributed by atoms with Crippen molar-refractivity contribution in [3.05, 3.63) is 100 Å². The monoisotopic (exact) mass is 580 g/mol. The number of nitro benzene ring substituents is 1. The summed E-state index contributed by atoms with van der Waals surface area (Å²) in [5.41, 5.74) is 1.69. The molecule has 0 saturated carbocycles. The first-order chi connectivity index (χ1) is 19.4. The molecule has 0 aliphatic rings. The highest BCUT2D eigenvalue weighted by molar-refractivity contribution is 7.92. The summed E-state index contributed by atoms with van der Waals surface area (Å²) in [6.45, 7) is 7.57. The highest BCUT2D eigenvalue weighted by atomic mass is 32.2. The van der Waals surface area contributed by atoms with Crippen LogP contribution in [-0.2, 0) is 26.2 Å². The first kappa shape index (κ1) is 31.3. The lowest BCUT2D eigenvalue weighted by atomic mass is 10.1. The van der Waals surface area contributed by atoms with E-state index < -0.39 is 33.4 Å². The highest BCUT2D eigenvalue weighted by Crippen LogP contribution is 2.26. The summed E-state index contributed by atoms with van der Waals surface area (Å²) in [4.78, 5) is 39.2. The van der Waals surface area contributed by atoms with Gasteiger partial charge in [-0.25, -0.2) is 8.42 Å². The molecule has 0 saturated heterocycles. The molecule has 11 heteroatoms. The van der Waals surface area contributed by atoms with Gasteiger partial charge in [-0.1, -0.05) is 68.8 Å². The van der Waals surface area contributed by atoms with Gasteiger partial charge < -0.3 is 10.2 Å². The van der Waals surface area contributed by atoms with Crippen molar-refractivity contribution in [2.24, 2.45) is 5.92 Å². The van der Waals surface area contributed by atoms with Crippen molar-refractivity contribution in [2.45, 2.75) is 51.6 Å². The number of nitrogens with one attached hydrogen (secondary N) is 1. The van der Waals surface area contributed by atoms with E-state index in [1.165, 1.54) is 41.3 Å². The van der Waals surface area contributed by atoms with Gasteiger partial charge in [0.1, 0.15) is 12.6 Å². The average Bonchev–Trinajstić information content (AvgIpc) is 2.96. The van der Waals surface area contributed by atoms with Gasteiger partial charge in [-0.05, 0) is 49.1 Å². The van der Waals surface area contributed by atoms with Gasteiger partial charge in [0.2, 0.25) is 11.8 Å². The number of rotatable bonds is 13. The molecule has 1 N–H and O–H groups in total. The molecule has 0 aromatic heterocycles. The summed E-state index contributed by atoms with van der Waals surface area (Å²) in [6, 6.07) is 19.3. The van der Waals surface area contributed by atoms with E-state index in [2.05, 4.69) is 5.32 Å². The van der Waals surface area contributed by atoms with Crippen molar-refractivity contribution < 1.29 is 22.9 Å². The predicted octanol–water partition coefficient (Wildman–Crippen LogP) is 4.68. The van der Waals surface area contributed by atoms with Crippen LogP contribution < -0.4 is 9.62 Å². The number of carbonyl (C=O) groups is 2. The molecule has 0 radical (unpaired) electrons. The minimum absolute atomic E-state index is 0.0436. The second kappa shape index (κ2) is 13.9. The molecule has 0 fully saturated rings. The van der Waals surface area contributed by atoms with Crippen molar-refractivity contribution in [1.29, 1.82) is 0 Å². The molecule has 3 rings (SSSR count). The van der Waals surface area contributed by atoms with Gasteiger partial charge in [0.05, 0.1) is 15.5 Å². The van der Waals surface area contributed by atoms with Gasteiger partial charge in [0.15, 0.2) is 0 Å². The summed E-state index contributed by atoms with van der Waals surface area (Å²) in [7, 11) is -4.25. The van der Waals surface area contributed by atoms with E-state index in [0.29, 0.717) is 13.0 Å². The quantitative estimate of drug-likeness (QED) is 0.231. The summed E-state index contributed by atoms with van der Waals surface area (Å²) in [5.74, 6) is -0.712. The molecule has 41 heavy (non-hydrogen) atoms. The lowest BCUT2D eigenvalue weighted by molar-refractivity contribution is -0.384. The number of aryl methyl sites for hydroxylation is 1.